The van der Waals surface area contributed by atoms with Crippen LogP contribution in [0, 0.1) is 5.92 Å². The van der Waals surface area contributed by atoms with E-state index in [0.717, 1.165) is 0 Å². The second-order valence-corrected chi connectivity index (χ2v) is 4.93. The van der Waals surface area contributed by atoms with Crippen LogP contribution in [-0.2, 0) is 9.53 Å². The summed E-state index contributed by atoms with van der Waals surface area (Å²) in [5.41, 5.74) is 4.90. The summed E-state index contributed by atoms with van der Waals surface area (Å²) >= 11 is 0. The Labute approximate surface area is 83.8 Å². The molecule has 4 heteroatoms. The minimum Gasteiger partial charge on any atom is -0.458 e. The lowest BCUT2D eigenvalue weighted by Crippen LogP contribution is -2.45. The normalized spacial score (nSPS) is 29.2. The van der Waals surface area contributed by atoms with Crippen LogP contribution in [0.4, 0.5) is 4.39 Å². The third-order valence-corrected chi connectivity index (χ3v) is 2.26. The molecule has 0 aliphatic heterocycles. The average Bonchev–Trinajstić information content (AvgIpc) is 1.94. The van der Waals surface area contributed by atoms with Crippen molar-refractivity contribution in [1.29, 1.82) is 0 Å². The van der Waals surface area contributed by atoms with Crippen molar-refractivity contribution in [3.05, 3.63) is 0 Å². The zero-order valence-electron chi connectivity index (χ0n) is 8.92. The van der Waals surface area contributed by atoms with Gasteiger partial charge in [0.1, 0.15) is 5.60 Å². The minimum atomic E-state index is -1.51. The van der Waals surface area contributed by atoms with Gasteiger partial charge in [-0.05, 0) is 33.6 Å². The van der Waals surface area contributed by atoms with Gasteiger partial charge in [0.25, 0.3) is 0 Å². The van der Waals surface area contributed by atoms with E-state index in [4.69, 9.17) is 10.5 Å². The number of nitrogens with two attached hydrogens (primary N) is 1. The summed E-state index contributed by atoms with van der Waals surface area (Å²) in [5.74, 6) is -0.991. The Balaban J connectivity index is 2.38. The fourth-order valence-electron chi connectivity index (χ4n) is 1.50. The number of alkyl halides is 1. The molecular formula is C10H18FNO2. The van der Waals surface area contributed by atoms with E-state index in [1.54, 1.807) is 20.8 Å². The number of rotatable bonds is 2. The van der Waals surface area contributed by atoms with Crippen molar-refractivity contribution in [2.75, 3.05) is 0 Å². The lowest BCUT2D eigenvalue weighted by molar-refractivity contribution is -0.164. The number of carbonyl (C=O) groups is 1. The molecule has 0 bridgehead atoms. The van der Waals surface area contributed by atoms with E-state index in [2.05, 4.69) is 0 Å². The number of halogens is 1. The van der Waals surface area contributed by atoms with E-state index in [1.165, 1.54) is 0 Å². The second-order valence-electron chi connectivity index (χ2n) is 4.93. The van der Waals surface area contributed by atoms with E-state index in [0.29, 0.717) is 12.8 Å². The standard InChI is InChI=1S/C10H18FNO2/c1-10(2,3)14-9(13)8(11)6-4-7(12)5-6/h6-8H,4-5,12H2,1-3H3. The summed E-state index contributed by atoms with van der Waals surface area (Å²) < 4.78 is 18.4. The lowest BCUT2D eigenvalue weighted by atomic mass is 9.78. The van der Waals surface area contributed by atoms with Gasteiger partial charge in [0.2, 0.25) is 0 Å². The average molecular weight is 203 g/mol. The predicted molar refractivity (Wildman–Crippen MR) is 51.4 cm³/mol. The third-order valence-electron chi connectivity index (χ3n) is 2.26. The molecule has 1 saturated carbocycles. The molecule has 1 rings (SSSR count). The summed E-state index contributed by atoms with van der Waals surface area (Å²) in [6.07, 6.45) is -0.338. The Morgan fingerprint density at radius 1 is 1.50 bits per heavy atom. The van der Waals surface area contributed by atoms with Crippen molar-refractivity contribution in [1.82, 2.24) is 0 Å². The molecule has 3 nitrogen and oxygen atoms in total. The van der Waals surface area contributed by atoms with Crippen LogP contribution >= 0.6 is 0 Å². The molecule has 1 unspecified atom stereocenters. The number of hydrogen-bond acceptors (Lipinski definition) is 3. The fourth-order valence-corrected chi connectivity index (χ4v) is 1.50. The van der Waals surface area contributed by atoms with Gasteiger partial charge in [-0.25, -0.2) is 9.18 Å². The van der Waals surface area contributed by atoms with E-state index in [1.807, 2.05) is 0 Å². The first-order chi connectivity index (χ1) is 6.29. The van der Waals surface area contributed by atoms with Gasteiger partial charge in [0.15, 0.2) is 6.17 Å². The van der Waals surface area contributed by atoms with Gasteiger partial charge in [-0.3, -0.25) is 0 Å². The molecule has 0 aromatic carbocycles. The van der Waals surface area contributed by atoms with Crippen LogP contribution < -0.4 is 5.73 Å². The highest BCUT2D eigenvalue weighted by atomic mass is 19.1. The molecule has 0 aromatic heterocycles. The largest absolute Gasteiger partial charge is 0.458 e. The summed E-state index contributed by atoms with van der Waals surface area (Å²) in [6.45, 7) is 5.18. The van der Waals surface area contributed by atoms with Crippen LogP contribution in [0.5, 0.6) is 0 Å². The molecular weight excluding hydrogens is 185 g/mol. The van der Waals surface area contributed by atoms with E-state index in [9.17, 15) is 9.18 Å². The minimum absolute atomic E-state index is 0.0562. The first kappa shape index (κ1) is 11.4. The first-order valence-electron chi connectivity index (χ1n) is 4.92. The molecule has 2 N–H and O–H groups in total. The molecule has 0 spiro atoms. The Bertz CT molecular complexity index is 219. The number of carbonyl (C=O) groups excluding carboxylic acids is 1. The Kier molecular flexibility index (Phi) is 3.14. The van der Waals surface area contributed by atoms with Crippen molar-refractivity contribution < 1.29 is 13.9 Å². The molecule has 1 aliphatic rings. The van der Waals surface area contributed by atoms with Gasteiger partial charge < -0.3 is 10.5 Å². The molecule has 0 aromatic rings. The van der Waals surface area contributed by atoms with E-state index >= 15 is 0 Å². The van der Waals surface area contributed by atoms with Crippen molar-refractivity contribution in [2.45, 2.75) is 51.4 Å². The number of hydrogen-bond donors (Lipinski definition) is 1. The highest BCUT2D eigenvalue weighted by molar-refractivity contribution is 5.75. The van der Waals surface area contributed by atoms with Crippen molar-refractivity contribution in [3.63, 3.8) is 0 Å². The van der Waals surface area contributed by atoms with Crippen LogP contribution in [0.3, 0.4) is 0 Å². The van der Waals surface area contributed by atoms with Crippen LogP contribution in [0.15, 0.2) is 0 Å². The van der Waals surface area contributed by atoms with Crippen LogP contribution in [0.2, 0.25) is 0 Å². The lowest BCUT2D eigenvalue weighted by Gasteiger charge is -2.34. The Morgan fingerprint density at radius 3 is 2.36 bits per heavy atom. The maximum absolute atomic E-state index is 13.4. The fraction of sp³-hybridized carbons (Fsp3) is 0.900. The zero-order valence-corrected chi connectivity index (χ0v) is 8.92. The second kappa shape index (κ2) is 3.85. The SMILES string of the molecule is CC(C)(C)OC(=O)C(F)C1CC(N)C1. The van der Waals surface area contributed by atoms with Gasteiger partial charge >= 0.3 is 5.97 Å². The Morgan fingerprint density at radius 2 is 2.00 bits per heavy atom. The van der Waals surface area contributed by atoms with Gasteiger partial charge in [0.05, 0.1) is 0 Å². The molecule has 0 saturated heterocycles. The Hall–Kier alpha value is -0.640. The maximum Gasteiger partial charge on any atom is 0.341 e. The van der Waals surface area contributed by atoms with Gasteiger partial charge in [-0.2, -0.15) is 0 Å². The summed E-state index contributed by atoms with van der Waals surface area (Å²) in [5, 5.41) is 0. The van der Waals surface area contributed by atoms with Crippen LogP contribution in [0.25, 0.3) is 0 Å². The molecule has 82 valence electrons. The molecule has 0 heterocycles. The predicted octanol–water partition coefficient (Wildman–Crippen LogP) is 1.40. The zero-order chi connectivity index (χ0) is 10.9. The van der Waals surface area contributed by atoms with E-state index < -0.39 is 17.7 Å². The summed E-state index contributed by atoms with van der Waals surface area (Å²) in [6, 6.07) is 0.0562. The maximum atomic E-state index is 13.4. The number of ether oxygens (including phenoxy) is 1. The molecule has 1 fully saturated rings. The quantitative estimate of drug-likeness (QED) is 0.690. The molecule has 14 heavy (non-hydrogen) atoms. The van der Waals surface area contributed by atoms with Gasteiger partial charge in [-0.15, -0.1) is 0 Å². The highest BCUT2D eigenvalue weighted by Crippen LogP contribution is 2.31. The third kappa shape index (κ3) is 2.94. The smallest absolute Gasteiger partial charge is 0.341 e. The van der Waals surface area contributed by atoms with Gasteiger partial charge in [0, 0.05) is 12.0 Å². The van der Waals surface area contributed by atoms with Gasteiger partial charge in [-0.1, -0.05) is 0 Å². The topological polar surface area (TPSA) is 52.3 Å². The first-order valence-corrected chi connectivity index (χ1v) is 4.92. The molecule has 1 atom stereocenters. The van der Waals surface area contributed by atoms with Crippen molar-refractivity contribution in [3.8, 4) is 0 Å². The van der Waals surface area contributed by atoms with Crippen molar-refractivity contribution >= 4 is 5.97 Å². The summed E-state index contributed by atoms with van der Waals surface area (Å²) in [7, 11) is 0. The molecule has 0 radical (unpaired) electrons. The van der Waals surface area contributed by atoms with Crippen molar-refractivity contribution in [2.24, 2.45) is 11.7 Å². The number of esters is 1. The van der Waals surface area contributed by atoms with E-state index in [-0.39, 0.29) is 12.0 Å². The molecule has 1 aliphatic carbocycles. The molecule has 0 amide bonds. The van der Waals surface area contributed by atoms with Crippen LogP contribution in [0.1, 0.15) is 33.6 Å². The monoisotopic (exact) mass is 203 g/mol. The highest BCUT2D eigenvalue weighted by Gasteiger charge is 2.39. The van der Waals surface area contributed by atoms with Crippen LogP contribution in [-0.4, -0.2) is 23.8 Å². The summed E-state index contributed by atoms with van der Waals surface area (Å²) in [4.78, 5) is 11.3.